The van der Waals surface area contributed by atoms with Gasteiger partial charge in [0, 0.05) is 37.9 Å². The Morgan fingerprint density at radius 2 is 2.12 bits per heavy atom. The minimum absolute atomic E-state index is 0.0540. The summed E-state index contributed by atoms with van der Waals surface area (Å²) in [5, 5.41) is 5.03. The first-order valence-electron chi connectivity index (χ1n) is 9.15. The minimum atomic E-state index is -0.0540. The third-order valence-corrected chi connectivity index (χ3v) is 5.87. The van der Waals surface area contributed by atoms with Crippen molar-refractivity contribution in [2.24, 2.45) is 11.8 Å². The van der Waals surface area contributed by atoms with E-state index in [4.69, 9.17) is 0 Å². The summed E-state index contributed by atoms with van der Waals surface area (Å²) in [6.07, 6.45) is 8.32. The molecule has 1 atom stereocenters. The Morgan fingerprint density at radius 1 is 1.29 bits per heavy atom. The molecule has 2 heterocycles. The van der Waals surface area contributed by atoms with Crippen molar-refractivity contribution in [3.8, 4) is 0 Å². The van der Waals surface area contributed by atoms with Gasteiger partial charge in [0.15, 0.2) is 0 Å². The molecule has 0 bridgehead atoms. The van der Waals surface area contributed by atoms with Crippen LogP contribution in [0.5, 0.6) is 0 Å². The Morgan fingerprint density at radius 3 is 2.88 bits per heavy atom. The fourth-order valence-electron chi connectivity index (χ4n) is 3.81. The zero-order chi connectivity index (χ0) is 16.8. The van der Waals surface area contributed by atoms with Gasteiger partial charge in [-0.1, -0.05) is 19.3 Å². The van der Waals surface area contributed by atoms with Crippen LogP contribution in [-0.4, -0.2) is 41.3 Å². The monoisotopic (exact) mass is 349 g/mol. The van der Waals surface area contributed by atoms with Crippen LogP contribution in [0.2, 0.25) is 0 Å². The molecule has 1 aromatic heterocycles. The zero-order valence-corrected chi connectivity index (χ0v) is 15.0. The summed E-state index contributed by atoms with van der Waals surface area (Å²) in [7, 11) is 0. The van der Waals surface area contributed by atoms with Gasteiger partial charge >= 0.3 is 0 Å². The highest BCUT2D eigenvalue weighted by Gasteiger charge is 2.31. The molecule has 1 saturated carbocycles. The van der Waals surface area contributed by atoms with Gasteiger partial charge in [-0.2, -0.15) is 0 Å². The first kappa shape index (κ1) is 17.4. The molecule has 5 nitrogen and oxygen atoms in total. The number of nitrogens with one attached hydrogen (secondary N) is 1. The molecule has 24 heavy (non-hydrogen) atoms. The number of carbonyl (C=O) groups excluding carboxylic acids is 2. The normalized spacial score (nSPS) is 22.6. The quantitative estimate of drug-likeness (QED) is 0.859. The van der Waals surface area contributed by atoms with E-state index >= 15 is 0 Å². The number of aromatic nitrogens is 1. The van der Waals surface area contributed by atoms with Crippen molar-refractivity contribution in [3.63, 3.8) is 0 Å². The summed E-state index contributed by atoms with van der Waals surface area (Å²) < 4.78 is 0. The molecule has 1 N–H and O–H groups in total. The molecule has 2 fully saturated rings. The number of rotatable bonds is 6. The van der Waals surface area contributed by atoms with Crippen LogP contribution in [0.1, 0.15) is 50.6 Å². The van der Waals surface area contributed by atoms with Gasteiger partial charge in [-0.25, -0.2) is 4.98 Å². The number of carbonyl (C=O) groups is 2. The number of nitrogens with zero attached hydrogens (tertiary/aromatic N) is 2. The predicted octanol–water partition coefficient (Wildman–Crippen LogP) is 2.62. The molecule has 3 rings (SSSR count). The van der Waals surface area contributed by atoms with E-state index in [2.05, 4.69) is 10.3 Å². The largest absolute Gasteiger partial charge is 0.355 e. The van der Waals surface area contributed by atoms with Crippen LogP contribution in [0.4, 0.5) is 0 Å². The van der Waals surface area contributed by atoms with E-state index in [0.29, 0.717) is 31.8 Å². The molecule has 1 unspecified atom stereocenters. The SMILES string of the molecule is O=C(NCCc1cscn1)C1CCC(=O)N(CC2CCCCC2)C1. The first-order valence-corrected chi connectivity index (χ1v) is 10.1. The highest BCUT2D eigenvalue weighted by Crippen LogP contribution is 2.27. The van der Waals surface area contributed by atoms with Crippen LogP contribution >= 0.6 is 11.3 Å². The standard InChI is InChI=1S/C18H27N3O2S/c22-17-7-6-15(11-21(17)10-14-4-2-1-3-5-14)18(23)19-9-8-16-12-24-13-20-16/h12-15H,1-11H2,(H,19,23). The lowest BCUT2D eigenvalue weighted by atomic mass is 9.87. The lowest BCUT2D eigenvalue weighted by molar-refractivity contribution is -0.139. The predicted molar refractivity (Wildman–Crippen MR) is 94.7 cm³/mol. The molecule has 1 aliphatic carbocycles. The fourth-order valence-corrected chi connectivity index (χ4v) is 4.40. The number of piperidine rings is 1. The Balaban J connectivity index is 1.44. The van der Waals surface area contributed by atoms with Gasteiger partial charge < -0.3 is 10.2 Å². The van der Waals surface area contributed by atoms with Gasteiger partial charge in [0.1, 0.15) is 0 Å². The minimum Gasteiger partial charge on any atom is -0.355 e. The summed E-state index contributed by atoms with van der Waals surface area (Å²) in [6, 6.07) is 0. The molecule has 0 radical (unpaired) electrons. The van der Waals surface area contributed by atoms with Gasteiger partial charge in [-0.05, 0) is 25.2 Å². The molecule has 2 amide bonds. The molecule has 6 heteroatoms. The van der Waals surface area contributed by atoms with Crippen LogP contribution in [0.3, 0.4) is 0 Å². The van der Waals surface area contributed by atoms with E-state index in [0.717, 1.165) is 18.7 Å². The van der Waals surface area contributed by atoms with Crippen LogP contribution < -0.4 is 5.32 Å². The summed E-state index contributed by atoms with van der Waals surface area (Å²) >= 11 is 1.58. The van der Waals surface area contributed by atoms with Crippen molar-refractivity contribution in [1.82, 2.24) is 15.2 Å². The molecule has 1 aliphatic heterocycles. The third kappa shape index (κ3) is 4.79. The lowest BCUT2D eigenvalue weighted by Crippen LogP contribution is -2.47. The Kier molecular flexibility index (Phi) is 6.24. The second-order valence-electron chi connectivity index (χ2n) is 7.06. The van der Waals surface area contributed by atoms with E-state index in [1.807, 2.05) is 15.8 Å². The summed E-state index contributed by atoms with van der Waals surface area (Å²) in [5.74, 6) is 0.898. The van der Waals surface area contributed by atoms with Crippen LogP contribution in [-0.2, 0) is 16.0 Å². The Bertz CT molecular complexity index is 540. The molecule has 0 spiro atoms. The van der Waals surface area contributed by atoms with Crippen LogP contribution in [0.25, 0.3) is 0 Å². The average Bonchev–Trinajstić information content (AvgIpc) is 3.11. The van der Waals surface area contributed by atoms with E-state index in [1.165, 1.54) is 32.1 Å². The third-order valence-electron chi connectivity index (χ3n) is 5.24. The van der Waals surface area contributed by atoms with Crippen molar-refractivity contribution < 1.29 is 9.59 Å². The van der Waals surface area contributed by atoms with Crippen molar-refractivity contribution in [2.75, 3.05) is 19.6 Å². The molecular weight excluding hydrogens is 322 g/mol. The number of likely N-dealkylation sites (tertiary alicyclic amines) is 1. The second kappa shape index (κ2) is 8.60. The molecular formula is C18H27N3O2S. The fraction of sp³-hybridized carbons (Fsp3) is 0.722. The summed E-state index contributed by atoms with van der Waals surface area (Å²) in [6.45, 7) is 2.06. The maximum Gasteiger partial charge on any atom is 0.224 e. The first-order chi connectivity index (χ1) is 11.7. The maximum absolute atomic E-state index is 12.4. The van der Waals surface area contributed by atoms with Gasteiger partial charge in [0.05, 0.1) is 17.1 Å². The smallest absolute Gasteiger partial charge is 0.224 e. The Hall–Kier alpha value is -1.43. The number of hydrogen-bond donors (Lipinski definition) is 1. The summed E-state index contributed by atoms with van der Waals surface area (Å²) in [5.41, 5.74) is 2.84. The van der Waals surface area contributed by atoms with Gasteiger partial charge in [-0.15, -0.1) is 11.3 Å². The lowest BCUT2D eigenvalue weighted by Gasteiger charge is -2.35. The molecule has 1 aromatic rings. The van der Waals surface area contributed by atoms with Crippen LogP contribution in [0.15, 0.2) is 10.9 Å². The van der Waals surface area contributed by atoms with Gasteiger partial charge in [-0.3, -0.25) is 9.59 Å². The maximum atomic E-state index is 12.4. The van der Waals surface area contributed by atoms with E-state index < -0.39 is 0 Å². The highest BCUT2D eigenvalue weighted by atomic mass is 32.1. The summed E-state index contributed by atoms with van der Waals surface area (Å²) in [4.78, 5) is 30.8. The number of amides is 2. The van der Waals surface area contributed by atoms with Gasteiger partial charge in [0.25, 0.3) is 0 Å². The van der Waals surface area contributed by atoms with Gasteiger partial charge in [0.2, 0.25) is 11.8 Å². The molecule has 2 aliphatic rings. The van der Waals surface area contributed by atoms with E-state index in [-0.39, 0.29) is 17.7 Å². The molecule has 0 aromatic carbocycles. The average molecular weight is 350 g/mol. The van der Waals surface area contributed by atoms with Crippen molar-refractivity contribution in [3.05, 3.63) is 16.6 Å². The Labute approximate surface area is 147 Å². The number of thiazole rings is 1. The molecule has 1 saturated heterocycles. The van der Waals surface area contributed by atoms with Crippen molar-refractivity contribution in [2.45, 2.75) is 51.4 Å². The van der Waals surface area contributed by atoms with Crippen LogP contribution in [0, 0.1) is 11.8 Å². The topological polar surface area (TPSA) is 62.3 Å². The number of hydrogen-bond acceptors (Lipinski definition) is 4. The zero-order valence-electron chi connectivity index (χ0n) is 14.2. The second-order valence-corrected chi connectivity index (χ2v) is 7.78. The van der Waals surface area contributed by atoms with E-state index in [1.54, 1.807) is 11.3 Å². The highest BCUT2D eigenvalue weighted by molar-refractivity contribution is 7.07. The van der Waals surface area contributed by atoms with Crippen molar-refractivity contribution >= 4 is 23.2 Å². The van der Waals surface area contributed by atoms with Crippen molar-refractivity contribution in [1.29, 1.82) is 0 Å². The van der Waals surface area contributed by atoms with E-state index in [9.17, 15) is 9.59 Å². The molecule has 132 valence electrons.